The minimum absolute atomic E-state index is 0.683. The fourth-order valence-corrected chi connectivity index (χ4v) is 1.80. The molecule has 0 saturated heterocycles. The van der Waals surface area contributed by atoms with Crippen molar-refractivity contribution in [3.63, 3.8) is 0 Å². The lowest BCUT2D eigenvalue weighted by molar-refractivity contribution is 0.748. The van der Waals surface area contributed by atoms with Crippen LogP contribution in [-0.2, 0) is 13.6 Å². The minimum Gasteiger partial charge on any atom is -0.394 e. The highest BCUT2D eigenvalue weighted by atomic mass is 15.3. The van der Waals surface area contributed by atoms with E-state index in [2.05, 4.69) is 10.1 Å². The summed E-state index contributed by atoms with van der Waals surface area (Å²) in [7, 11) is 3.82. The Hall–Kier alpha value is -2.04. The number of aromatic nitrogens is 3. The maximum atomic E-state index is 5.88. The van der Waals surface area contributed by atoms with Gasteiger partial charge in [-0.15, -0.1) is 0 Å². The first-order valence-corrected chi connectivity index (χ1v) is 5.49. The lowest BCUT2D eigenvalue weighted by atomic mass is 10.3. The van der Waals surface area contributed by atoms with Crippen molar-refractivity contribution >= 4 is 11.5 Å². The highest BCUT2D eigenvalue weighted by Gasteiger charge is 2.10. The summed E-state index contributed by atoms with van der Waals surface area (Å²) in [6.45, 7) is 2.68. The molecule has 0 saturated carbocycles. The standard InChI is InChI=1S/C12H17N5/c1-9-5-4-6-10(14-9)7-16(2)12-11(13)8-17(3)15-12/h4-6,8H,7,13H2,1-3H3. The predicted molar refractivity (Wildman–Crippen MR) is 68.7 cm³/mol. The van der Waals surface area contributed by atoms with Gasteiger partial charge in [-0.25, -0.2) is 0 Å². The zero-order valence-electron chi connectivity index (χ0n) is 10.4. The molecule has 0 aromatic carbocycles. The summed E-state index contributed by atoms with van der Waals surface area (Å²) in [5.74, 6) is 0.788. The highest BCUT2D eigenvalue weighted by Crippen LogP contribution is 2.20. The highest BCUT2D eigenvalue weighted by molar-refractivity contribution is 5.61. The third-order valence-corrected chi connectivity index (χ3v) is 2.54. The van der Waals surface area contributed by atoms with E-state index < -0.39 is 0 Å². The number of aryl methyl sites for hydroxylation is 2. The number of nitrogens with two attached hydrogens (primary N) is 1. The molecule has 2 aromatic rings. The van der Waals surface area contributed by atoms with Crippen molar-refractivity contribution in [2.45, 2.75) is 13.5 Å². The van der Waals surface area contributed by atoms with Gasteiger partial charge in [0.05, 0.1) is 17.9 Å². The van der Waals surface area contributed by atoms with Crippen LogP contribution < -0.4 is 10.6 Å². The van der Waals surface area contributed by atoms with Crippen molar-refractivity contribution in [1.82, 2.24) is 14.8 Å². The normalized spacial score (nSPS) is 10.5. The van der Waals surface area contributed by atoms with Crippen LogP contribution in [0.1, 0.15) is 11.4 Å². The van der Waals surface area contributed by atoms with E-state index in [0.717, 1.165) is 17.2 Å². The van der Waals surface area contributed by atoms with Gasteiger partial charge >= 0.3 is 0 Å². The molecule has 0 bridgehead atoms. The van der Waals surface area contributed by atoms with Gasteiger partial charge in [0.1, 0.15) is 0 Å². The molecule has 0 amide bonds. The van der Waals surface area contributed by atoms with Gasteiger partial charge in [-0.3, -0.25) is 9.67 Å². The number of hydrogen-bond donors (Lipinski definition) is 1. The molecule has 2 rings (SSSR count). The van der Waals surface area contributed by atoms with Gasteiger partial charge in [0.2, 0.25) is 0 Å². The summed E-state index contributed by atoms with van der Waals surface area (Å²) in [6, 6.07) is 5.99. The average molecular weight is 231 g/mol. The van der Waals surface area contributed by atoms with E-state index in [1.807, 2.05) is 44.1 Å². The van der Waals surface area contributed by atoms with Crippen LogP contribution in [0.5, 0.6) is 0 Å². The quantitative estimate of drug-likeness (QED) is 0.866. The molecule has 2 aromatic heterocycles. The SMILES string of the molecule is Cc1cccc(CN(C)c2nn(C)cc2N)n1. The Balaban J connectivity index is 2.16. The third kappa shape index (κ3) is 2.55. The van der Waals surface area contributed by atoms with Gasteiger partial charge in [0, 0.05) is 26.0 Å². The Bertz CT molecular complexity index is 517. The molecule has 2 N–H and O–H groups in total. The molecule has 0 atom stereocenters. The molecule has 0 aliphatic carbocycles. The molecular weight excluding hydrogens is 214 g/mol. The van der Waals surface area contributed by atoms with Crippen LogP contribution in [0.2, 0.25) is 0 Å². The van der Waals surface area contributed by atoms with Crippen LogP contribution in [0.4, 0.5) is 11.5 Å². The smallest absolute Gasteiger partial charge is 0.173 e. The second-order valence-electron chi connectivity index (χ2n) is 4.21. The van der Waals surface area contributed by atoms with E-state index in [-0.39, 0.29) is 0 Å². The monoisotopic (exact) mass is 231 g/mol. The number of nitrogen functional groups attached to an aromatic ring is 1. The number of anilines is 2. The van der Waals surface area contributed by atoms with Crippen LogP contribution >= 0.6 is 0 Å². The van der Waals surface area contributed by atoms with E-state index in [1.165, 1.54) is 0 Å². The first-order chi connectivity index (χ1) is 8.06. The number of pyridine rings is 1. The van der Waals surface area contributed by atoms with Gasteiger partial charge in [0.25, 0.3) is 0 Å². The summed E-state index contributed by atoms with van der Waals surface area (Å²) in [6.07, 6.45) is 1.80. The summed E-state index contributed by atoms with van der Waals surface area (Å²) in [5, 5.41) is 4.32. The lowest BCUT2D eigenvalue weighted by Crippen LogP contribution is -2.19. The zero-order chi connectivity index (χ0) is 12.4. The average Bonchev–Trinajstić information content (AvgIpc) is 2.58. The van der Waals surface area contributed by atoms with Gasteiger partial charge in [-0.2, -0.15) is 5.10 Å². The molecule has 90 valence electrons. The topological polar surface area (TPSA) is 60.0 Å². The molecule has 2 heterocycles. The van der Waals surface area contributed by atoms with Gasteiger partial charge in [-0.05, 0) is 19.1 Å². The van der Waals surface area contributed by atoms with Gasteiger partial charge < -0.3 is 10.6 Å². The summed E-state index contributed by atoms with van der Waals surface area (Å²) < 4.78 is 1.71. The van der Waals surface area contributed by atoms with E-state index in [9.17, 15) is 0 Å². The molecule has 5 heteroatoms. The van der Waals surface area contributed by atoms with Crippen LogP contribution in [0.25, 0.3) is 0 Å². The van der Waals surface area contributed by atoms with E-state index in [1.54, 1.807) is 10.9 Å². The lowest BCUT2D eigenvalue weighted by Gasteiger charge is -2.16. The Kier molecular flexibility index (Phi) is 2.99. The molecular formula is C12H17N5. The van der Waals surface area contributed by atoms with Crippen LogP contribution in [0.15, 0.2) is 24.4 Å². The van der Waals surface area contributed by atoms with E-state index >= 15 is 0 Å². The minimum atomic E-state index is 0.683. The molecule has 0 fully saturated rings. The second-order valence-corrected chi connectivity index (χ2v) is 4.21. The maximum absolute atomic E-state index is 5.88. The van der Waals surface area contributed by atoms with Crippen molar-refractivity contribution in [3.8, 4) is 0 Å². The fourth-order valence-electron chi connectivity index (χ4n) is 1.80. The Morgan fingerprint density at radius 1 is 1.41 bits per heavy atom. The van der Waals surface area contributed by atoms with Crippen molar-refractivity contribution in [2.75, 3.05) is 17.7 Å². The van der Waals surface area contributed by atoms with Gasteiger partial charge in [-0.1, -0.05) is 6.07 Å². The maximum Gasteiger partial charge on any atom is 0.173 e. The van der Waals surface area contributed by atoms with Crippen LogP contribution in [0, 0.1) is 6.92 Å². The van der Waals surface area contributed by atoms with Gasteiger partial charge in [0.15, 0.2) is 5.82 Å². The zero-order valence-corrected chi connectivity index (χ0v) is 10.4. The molecule has 5 nitrogen and oxygen atoms in total. The van der Waals surface area contributed by atoms with E-state index in [4.69, 9.17) is 5.73 Å². The fraction of sp³-hybridized carbons (Fsp3) is 0.333. The Morgan fingerprint density at radius 3 is 2.76 bits per heavy atom. The number of rotatable bonds is 3. The Morgan fingerprint density at radius 2 is 2.18 bits per heavy atom. The van der Waals surface area contributed by atoms with Crippen molar-refractivity contribution in [2.24, 2.45) is 7.05 Å². The van der Waals surface area contributed by atoms with Crippen molar-refractivity contribution in [1.29, 1.82) is 0 Å². The predicted octanol–water partition coefficient (Wildman–Crippen LogP) is 1.34. The molecule has 0 unspecified atom stereocenters. The third-order valence-electron chi connectivity index (χ3n) is 2.54. The van der Waals surface area contributed by atoms with Crippen LogP contribution in [-0.4, -0.2) is 21.8 Å². The molecule has 17 heavy (non-hydrogen) atoms. The number of hydrogen-bond acceptors (Lipinski definition) is 4. The van der Waals surface area contributed by atoms with Crippen molar-refractivity contribution in [3.05, 3.63) is 35.8 Å². The van der Waals surface area contributed by atoms with E-state index in [0.29, 0.717) is 12.2 Å². The summed E-state index contributed by atoms with van der Waals surface area (Å²) in [5.41, 5.74) is 8.59. The first-order valence-electron chi connectivity index (χ1n) is 5.49. The van der Waals surface area contributed by atoms with Crippen LogP contribution in [0.3, 0.4) is 0 Å². The largest absolute Gasteiger partial charge is 0.394 e. The molecule has 0 radical (unpaired) electrons. The Labute approximate surface area is 101 Å². The van der Waals surface area contributed by atoms with Crippen molar-refractivity contribution < 1.29 is 0 Å². The first kappa shape index (κ1) is 11.4. The second kappa shape index (κ2) is 4.45. The molecule has 0 spiro atoms. The summed E-state index contributed by atoms with van der Waals surface area (Å²) >= 11 is 0. The molecule has 0 aliphatic heterocycles. The number of nitrogens with zero attached hydrogens (tertiary/aromatic N) is 4. The molecule has 0 aliphatic rings. The summed E-state index contributed by atoms with van der Waals surface area (Å²) in [4.78, 5) is 6.46.